The molecule has 9 aromatic rings. The maximum absolute atomic E-state index is 2.54. The van der Waals surface area contributed by atoms with Crippen molar-refractivity contribution in [1.82, 2.24) is 0 Å². The lowest BCUT2D eigenvalue weighted by atomic mass is 9.79. The molecule has 9 aromatic carbocycles. The zero-order chi connectivity index (χ0) is 34.9. The van der Waals surface area contributed by atoms with Crippen molar-refractivity contribution in [2.45, 2.75) is 38.5 Å². The van der Waals surface area contributed by atoms with Gasteiger partial charge in [0.2, 0.25) is 0 Å². The molecule has 2 aliphatic carbocycles. The fraction of sp³-hybridized carbons (Fsp3) is 0.115. The van der Waals surface area contributed by atoms with Crippen molar-refractivity contribution < 1.29 is 0 Å². The minimum absolute atomic E-state index is 0.145. The van der Waals surface area contributed by atoms with Crippen molar-refractivity contribution in [3.05, 3.63) is 180 Å². The molecule has 0 aromatic heterocycles. The Hall–Kier alpha value is -5.98. The van der Waals surface area contributed by atoms with Gasteiger partial charge in [0.25, 0.3) is 0 Å². The van der Waals surface area contributed by atoms with Crippen LogP contribution in [-0.2, 0) is 10.8 Å². The molecule has 0 saturated heterocycles. The van der Waals surface area contributed by atoms with E-state index >= 15 is 0 Å². The van der Waals surface area contributed by atoms with Gasteiger partial charge in [-0.05, 0) is 146 Å². The first-order valence-corrected chi connectivity index (χ1v) is 18.6. The van der Waals surface area contributed by atoms with Crippen molar-refractivity contribution in [2.24, 2.45) is 0 Å². The molecule has 0 bridgehead atoms. The van der Waals surface area contributed by atoms with Crippen LogP contribution in [-0.4, -0.2) is 0 Å². The van der Waals surface area contributed by atoms with Gasteiger partial charge in [0.05, 0.1) is 0 Å². The van der Waals surface area contributed by atoms with E-state index in [0.29, 0.717) is 0 Å². The largest absolute Gasteiger partial charge is 0.0622 e. The molecule has 0 amide bonds. The fourth-order valence-corrected chi connectivity index (χ4v) is 9.92. The molecule has 0 N–H and O–H groups in total. The average Bonchev–Trinajstić information content (AvgIpc) is 3.54. The minimum Gasteiger partial charge on any atom is -0.0622 e. The number of hydrogen-bond donors (Lipinski definition) is 0. The van der Waals surface area contributed by atoms with Crippen molar-refractivity contribution in [1.29, 1.82) is 0 Å². The highest BCUT2D eigenvalue weighted by molar-refractivity contribution is 6.16. The molecule has 52 heavy (non-hydrogen) atoms. The molecule has 0 saturated carbocycles. The van der Waals surface area contributed by atoms with E-state index in [9.17, 15) is 0 Å². The van der Waals surface area contributed by atoms with E-state index in [4.69, 9.17) is 0 Å². The smallest absolute Gasteiger partial charge is 0.0159 e. The molecule has 0 heteroatoms. The average molecular weight is 663 g/mol. The quantitative estimate of drug-likeness (QED) is 0.162. The lowest BCUT2D eigenvalue weighted by Crippen LogP contribution is -2.15. The highest BCUT2D eigenvalue weighted by Gasteiger charge is 2.39. The maximum atomic E-state index is 2.54. The molecular weight excluding hydrogens is 625 g/mol. The van der Waals surface area contributed by atoms with Gasteiger partial charge in [0, 0.05) is 10.8 Å². The molecule has 246 valence electrons. The Bertz CT molecular complexity index is 2770. The van der Waals surface area contributed by atoms with Crippen molar-refractivity contribution in [3.63, 3.8) is 0 Å². The van der Waals surface area contributed by atoms with E-state index in [1.165, 1.54) is 110 Å². The van der Waals surface area contributed by atoms with Gasteiger partial charge in [-0.25, -0.2) is 0 Å². The summed E-state index contributed by atoms with van der Waals surface area (Å²) < 4.78 is 0. The topological polar surface area (TPSA) is 0 Å². The van der Waals surface area contributed by atoms with Crippen LogP contribution in [0.2, 0.25) is 0 Å². The highest BCUT2D eigenvalue weighted by Crippen LogP contribution is 2.57. The SMILES string of the molecule is CC1(C)c2cc3c(ccc4cc5c(cc43)C(C)(C)c3cc(-c4ccccc4)c4ccccc4c3-5)cc2-c2c1cc(-c1ccccc1)c1ccccc21. The molecule has 0 spiro atoms. The van der Waals surface area contributed by atoms with Gasteiger partial charge in [0.15, 0.2) is 0 Å². The van der Waals surface area contributed by atoms with Crippen LogP contribution in [0, 0.1) is 0 Å². The summed E-state index contributed by atoms with van der Waals surface area (Å²) in [7, 11) is 0. The second-order valence-corrected chi connectivity index (χ2v) is 16.1. The molecule has 0 heterocycles. The summed E-state index contributed by atoms with van der Waals surface area (Å²) in [5, 5.41) is 10.6. The van der Waals surface area contributed by atoms with Crippen LogP contribution in [0.3, 0.4) is 0 Å². The summed E-state index contributed by atoms with van der Waals surface area (Å²) in [4.78, 5) is 0. The molecule has 0 nitrogen and oxygen atoms in total. The first-order chi connectivity index (χ1) is 25.3. The van der Waals surface area contributed by atoms with Crippen LogP contribution in [0.4, 0.5) is 0 Å². The van der Waals surface area contributed by atoms with Gasteiger partial charge in [0.1, 0.15) is 0 Å². The Morgan fingerprint density at radius 1 is 0.288 bits per heavy atom. The van der Waals surface area contributed by atoms with Crippen LogP contribution < -0.4 is 0 Å². The molecular formula is C52H38. The molecule has 2 aliphatic rings. The van der Waals surface area contributed by atoms with Crippen molar-refractivity contribution >= 4 is 43.1 Å². The van der Waals surface area contributed by atoms with Crippen LogP contribution in [0.1, 0.15) is 49.9 Å². The lowest BCUT2D eigenvalue weighted by Gasteiger charge is -2.24. The normalized spacial score (nSPS) is 14.8. The van der Waals surface area contributed by atoms with Crippen LogP contribution in [0.25, 0.3) is 87.6 Å². The monoisotopic (exact) mass is 662 g/mol. The van der Waals surface area contributed by atoms with Crippen LogP contribution in [0.5, 0.6) is 0 Å². The van der Waals surface area contributed by atoms with Gasteiger partial charge < -0.3 is 0 Å². The third-order valence-electron chi connectivity index (χ3n) is 12.6. The lowest BCUT2D eigenvalue weighted by molar-refractivity contribution is 0.661. The third kappa shape index (κ3) is 3.87. The van der Waals surface area contributed by atoms with Crippen LogP contribution >= 0.6 is 0 Å². The number of benzene rings is 9. The highest BCUT2D eigenvalue weighted by atomic mass is 14.4. The molecule has 0 aliphatic heterocycles. The van der Waals surface area contributed by atoms with E-state index in [-0.39, 0.29) is 10.8 Å². The number of fused-ring (bicyclic) bond motifs is 13. The Kier molecular flexibility index (Phi) is 5.89. The summed E-state index contributed by atoms with van der Waals surface area (Å²) >= 11 is 0. The van der Waals surface area contributed by atoms with E-state index in [0.717, 1.165) is 0 Å². The summed E-state index contributed by atoms with van der Waals surface area (Å²) in [5.74, 6) is 0. The molecule has 11 rings (SSSR count). The van der Waals surface area contributed by atoms with Gasteiger partial charge in [-0.1, -0.05) is 149 Å². The van der Waals surface area contributed by atoms with Gasteiger partial charge in [-0.3, -0.25) is 0 Å². The number of hydrogen-bond acceptors (Lipinski definition) is 0. The summed E-state index contributed by atoms with van der Waals surface area (Å²) in [6.45, 7) is 9.69. The van der Waals surface area contributed by atoms with Crippen molar-refractivity contribution in [3.8, 4) is 44.5 Å². The fourth-order valence-electron chi connectivity index (χ4n) is 9.92. The maximum Gasteiger partial charge on any atom is 0.0159 e. The molecule has 0 atom stereocenters. The Morgan fingerprint density at radius 2 is 0.654 bits per heavy atom. The Labute approximate surface area is 305 Å². The second-order valence-electron chi connectivity index (χ2n) is 16.1. The summed E-state index contributed by atoms with van der Waals surface area (Å²) in [6.07, 6.45) is 0. The second kappa shape index (κ2) is 10.3. The minimum atomic E-state index is -0.145. The summed E-state index contributed by atoms with van der Waals surface area (Å²) in [6, 6.07) is 59.5. The van der Waals surface area contributed by atoms with E-state index in [2.05, 4.69) is 185 Å². The van der Waals surface area contributed by atoms with Gasteiger partial charge in [-0.15, -0.1) is 0 Å². The predicted octanol–water partition coefficient (Wildman–Crippen LogP) is 14.2. The van der Waals surface area contributed by atoms with E-state index in [1.807, 2.05) is 0 Å². The first kappa shape index (κ1) is 29.7. The van der Waals surface area contributed by atoms with Crippen molar-refractivity contribution in [2.75, 3.05) is 0 Å². The van der Waals surface area contributed by atoms with Gasteiger partial charge >= 0.3 is 0 Å². The molecule has 0 fully saturated rings. The summed E-state index contributed by atoms with van der Waals surface area (Å²) in [5.41, 5.74) is 16.1. The third-order valence-corrected chi connectivity index (χ3v) is 12.6. The molecule has 0 radical (unpaired) electrons. The number of rotatable bonds is 2. The van der Waals surface area contributed by atoms with Gasteiger partial charge in [-0.2, -0.15) is 0 Å². The van der Waals surface area contributed by atoms with E-state index in [1.54, 1.807) is 0 Å². The Balaban J connectivity index is 1.15. The zero-order valence-corrected chi connectivity index (χ0v) is 30.0. The Morgan fingerprint density at radius 3 is 1.06 bits per heavy atom. The van der Waals surface area contributed by atoms with E-state index < -0.39 is 0 Å². The first-order valence-electron chi connectivity index (χ1n) is 18.6. The zero-order valence-electron chi connectivity index (χ0n) is 30.0. The molecule has 0 unspecified atom stereocenters. The van der Waals surface area contributed by atoms with Crippen LogP contribution in [0.15, 0.2) is 158 Å². The predicted molar refractivity (Wildman–Crippen MR) is 222 cm³/mol. The standard InChI is InChI=1S/C52H38/c1-51(2)45-27-41-33(25-43(45)49-37-21-13-11-19-35(37)39(29-47(49)51)31-15-7-5-8-16-31)23-24-34-26-44-46(28-42(34)41)52(3,4)48-30-40(32-17-9-6-10-18-32)36-20-12-14-22-38(36)50(44)48/h5-30H,1-4H3.